The molecule has 0 amide bonds. The molecule has 0 atom stereocenters. The van der Waals surface area contributed by atoms with E-state index >= 15 is 0 Å². The lowest BCUT2D eigenvalue weighted by atomic mass is 9.88. The van der Waals surface area contributed by atoms with Gasteiger partial charge in [-0.05, 0) is 53.8 Å². The highest BCUT2D eigenvalue weighted by atomic mass is 19.1. The van der Waals surface area contributed by atoms with Gasteiger partial charge in [0.05, 0.1) is 5.69 Å². The number of pyridine rings is 1. The zero-order valence-corrected chi connectivity index (χ0v) is 11.1. The number of hydrogen-bond acceptors (Lipinski definition) is 1. The Morgan fingerprint density at radius 1 is 1.06 bits per heavy atom. The molecule has 0 saturated heterocycles. The third kappa shape index (κ3) is 3.39. The maximum absolute atomic E-state index is 12.9. The average Bonchev–Trinajstić information content (AvgIpc) is 2.28. The van der Waals surface area contributed by atoms with E-state index in [4.69, 9.17) is 0 Å². The molecule has 1 aromatic heterocycles. The Morgan fingerprint density at radius 2 is 1.72 bits per heavy atom. The Hall–Kier alpha value is -1.70. The monoisotopic (exact) mass is 243 g/mol. The van der Waals surface area contributed by atoms with E-state index in [2.05, 4.69) is 31.8 Å². The van der Waals surface area contributed by atoms with Crippen LogP contribution in [0.1, 0.15) is 26.3 Å². The molecule has 0 unspecified atom stereocenters. The minimum absolute atomic E-state index is 0.218. The van der Waals surface area contributed by atoms with Gasteiger partial charge in [0, 0.05) is 11.8 Å². The Labute approximate surface area is 108 Å². The zero-order valence-electron chi connectivity index (χ0n) is 11.1. The molecular formula is C16H18FN. The van der Waals surface area contributed by atoms with Crippen molar-refractivity contribution in [2.24, 2.45) is 5.41 Å². The fourth-order valence-corrected chi connectivity index (χ4v) is 1.98. The highest BCUT2D eigenvalue weighted by Crippen LogP contribution is 2.23. The molecule has 0 saturated carbocycles. The van der Waals surface area contributed by atoms with Crippen molar-refractivity contribution in [1.82, 2.24) is 4.98 Å². The van der Waals surface area contributed by atoms with Crippen molar-refractivity contribution >= 4 is 0 Å². The Balaban J connectivity index is 2.29. The first kappa shape index (κ1) is 12.7. The maximum atomic E-state index is 12.9. The van der Waals surface area contributed by atoms with Crippen LogP contribution in [0.15, 0.2) is 42.6 Å². The molecule has 0 radical (unpaired) electrons. The summed E-state index contributed by atoms with van der Waals surface area (Å²) in [6, 6.07) is 10.6. The Kier molecular flexibility index (Phi) is 3.46. The maximum Gasteiger partial charge on any atom is 0.123 e. The molecule has 0 N–H and O–H groups in total. The number of rotatable bonds is 2. The molecular weight excluding hydrogens is 225 g/mol. The molecule has 0 fully saturated rings. The topological polar surface area (TPSA) is 12.9 Å². The van der Waals surface area contributed by atoms with Gasteiger partial charge in [-0.2, -0.15) is 0 Å². The Bertz CT molecular complexity index is 524. The van der Waals surface area contributed by atoms with Crippen LogP contribution in [0.2, 0.25) is 0 Å². The lowest BCUT2D eigenvalue weighted by molar-refractivity contribution is 0.411. The quantitative estimate of drug-likeness (QED) is 0.758. The van der Waals surface area contributed by atoms with Crippen molar-refractivity contribution in [3.63, 3.8) is 0 Å². The van der Waals surface area contributed by atoms with Crippen LogP contribution in [0.4, 0.5) is 4.39 Å². The molecule has 94 valence electrons. The lowest BCUT2D eigenvalue weighted by Crippen LogP contribution is -2.09. The number of halogens is 1. The van der Waals surface area contributed by atoms with Crippen molar-refractivity contribution in [1.29, 1.82) is 0 Å². The molecule has 2 rings (SSSR count). The van der Waals surface area contributed by atoms with Gasteiger partial charge < -0.3 is 0 Å². The van der Waals surface area contributed by atoms with Crippen LogP contribution < -0.4 is 0 Å². The van der Waals surface area contributed by atoms with E-state index in [9.17, 15) is 4.39 Å². The first-order chi connectivity index (χ1) is 8.44. The van der Waals surface area contributed by atoms with Crippen molar-refractivity contribution in [3.05, 3.63) is 54.0 Å². The van der Waals surface area contributed by atoms with E-state index in [1.54, 1.807) is 12.1 Å². The van der Waals surface area contributed by atoms with Crippen LogP contribution in [-0.4, -0.2) is 4.98 Å². The summed E-state index contributed by atoms with van der Waals surface area (Å²) in [7, 11) is 0. The highest BCUT2D eigenvalue weighted by molar-refractivity contribution is 5.59. The molecule has 1 aromatic carbocycles. The number of hydrogen-bond donors (Lipinski definition) is 0. The summed E-state index contributed by atoms with van der Waals surface area (Å²) in [6.07, 6.45) is 2.82. The SMILES string of the molecule is CC(C)(C)Cc1ccnc(-c2ccc(F)cc2)c1. The van der Waals surface area contributed by atoms with E-state index in [0.29, 0.717) is 0 Å². The van der Waals surface area contributed by atoms with Gasteiger partial charge in [-0.15, -0.1) is 0 Å². The number of aromatic nitrogens is 1. The fourth-order valence-electron chi connectivity index (χ4n) is 1.98. The Morgan fingerprint density at radius 3 is 2.33 bits per heavy atom. The average molecular weight is 243 g/mol. The lowest BCUT2D eigenvalue weighted by Gasteiger charge is -2.18. The van der Waals surface area contributed by atoms with Crippen molar-refractivity contribution < 1.29 is 4.39 Å². The molecule has 0 aliphatic rings. The van der Waals surface area contributed by atoms with Gasteiger partial charge in [0.25, 0.3) is 0 Å². The summed E-state index contributed by atoms with van der Waals surface area (Å²) >= 11 is 0. The summed E-state index contributed by atoms with van der Waals surface area (Å²) in [5.74, 6) is -0.218. The minimum atomic E-state index is -0.218. The van der Waals surface area contributed by atoms with E-state index in [1.807, 2.05) is 12.3 Å². The van der Waals surface area contributed by atoms with Crippen LogP contribution in [-0.2, 0) is 6.42 Å². The summed E-state index contributed by atoms with van der Waals surface area (Å²) in [6.45, 7) is 6.64. The van der Waals surface area contributed by atoms with Gasteiger partial charge in [0.2, 0.25) is 0 Å². The summed E-state index contributed by atoms with van der Waals surface area (Å²) in [5.41, 5.74) is 3.36. The molecule has 1 heterocycles. The van der Waals surface area contributed by atoms with Gasteiger partial charge in [0.1, 0.15) is 5.82 Å². The second-order valence-electron chi connectivity index (χ2n) is 5.79. The smallest absolute Gasteiger partial charge is 0.123 e. The van der Waals surface area contributed by atoms with Crippen molar-refractivity contribution in [3.8, 4) is 11.3 Å². The van der Waals surface area contributed by atoms with E-state index in [1.165, 1.54) is 17.7 Å². The largest absolute Gasteiger partial charge is 0.256 e. The van der Waals surface area contributed by atoms with Crippen molar-refractivity contribution in [2.45, 2.75) is 27.2 Å². The van der Waals surface area contributed by atoms with Crippen LogP contribution in [0, 0.1) is 11.2 Å². The van der Waals surface area contributed by atoms with Crippen LogP contribution in [0.3, 0.4) is 0 Å². The summed E-state index contributed by atoms with van der Waals surface area (Å²) in [4.78, 5) is 4.35. The van der Waals surface area contributed by atoms with E-state index in [-0.39, 0.29) is 11.2 Å². The zero-order chi connectivity index (χ0) is 13.2. The molecule has 2 aromatic rings. The van der Waals surface area contributed by atoms with Gasteiger partial charge >= 0.3 is 0 Å². The fraction of sp³-hybridized carbons (Fsp3) is 0.312. The first-order valence-electron chi connectivity index (χ1n) is 6.15. The molecule has 18 heavy (non-hydrogen) atoms. The van der Waals surface area contributed by atoms with Gasteiger partial charge in [-0.1, -0.05) is 20.8 Å². The third-order valence-electron chi connectivity index (χ3n) is 2.70. The van der Waals surface area contributed by atoms with Crippen molar-refractivity contribution in [2.75, 3.05) is 0 Å². The van der Waals surface area contributed by atoms with Crippen LogP contribution in [0.5, 0.6) is 0 Å². The third-order valence-corrected chi connectivity index (χ3v) is 2.70. The predicted octanol–water partition coefficient (Wildman–Crippen LogP) is 4.48. The second-order valence-corrected chi connectivity index (χ2v) is 5.79. The van der Waals surface area contributed by atoms with E-state index < -0.39 is 0 Å². The molecule has 0 bridgehead atoms. The molecule has 0 aliphatic carbocycles. The first-order valence-corrected chi connectivity index (χ1v) is 6.15. The molecule has 0 spiro atoms. The molecule has 1 nitrogen and oxygen atoms in total. The normalized spacial score (nSPS) is 11.6. The van der Waals surface area contributed by atoms with Crippen LogP contribution >= 0.6 is 0 Å². The van der Waals surface area contributed by atoms with Gasteiger partial charge in [-0.3, -0.25) is 4.98 Å². The molecule has 2 heteroatoms. The standard InChI is InChI=1S/C16H18FN/c1-16(2,3)11-12-8-9-18-15(10-12)13-4-6-14(17)7-5-13/h4-10H,11H2,1-3H3. The van der Waals surface area contributed by atoms with Crippen LogP contribution in [0.25, 0.3) is 11.3 Å². The second kappa shape index (κ2) is 4.89. The molecule has 0 aliphatic heterocycles. The summed E-state index contributed by atoms with van der Waals surface area (Å²) in [5, 5.41) is 0. The number of benzene rings is 1. The van der Waals surface area contributed by atoms with E-state index in [0.717, 1.165) is 17.7 Å². The minimum Gasteiger partial charge on any atom is -0.256 e. The van der Waals surface area contributed by atoms with Gasteiger partial charge in [0.15, 0.2) is 0 Å². The number of nitrogens with zero attached hydrogens (tertiary/aromatic N) is 1. The predicted molar refractivity (Wildman–Crippen MR) is 72.8 cm³/mol. The summed E-state index contributed by atoms with van der Waals surface area (Å²) < 4.78 is 12.9. The van der Waals surface area contributed by atoms with Gasteiger partial charge in [-0.25, -0.2) is 4.39 Å². The highest BCUT2D eigenvalue weighted by Gasteiger charge is 2.12.